The minimum Gasteiger partial charge on any atom is -0.497 e. The van der Waals surface area contributed by atoms with Crippen LogP contribution in [-0.4, -0.2) is 28.6 Å². The first-order valence-corrected chi connectivity index (χ1v) is 10.5. The van der Waals surface area contributed by atoms with Crippen molar-refractivity contribution in [1.29, 1.82) is 0 Å². The Morgan fingerprint density at radius 2 is 1.56 bits per heavy atom. The molecule has 32 heavy (non-hydrogen) atoms. The van der Waals surface area contributed by atoms with Crippen molar-refractivity contribution in [2.24, 2.45) is 0 Å². The average molecular weight is 446 g/mol. The monoisotopic (exact) mass is 445 g/mol. The van der Waals surface area contributed by atoms with E-state index in [9.17, 15) is 9.59 Å². The van der Waals surface area contributed by atoms with Gasteiger partial charge in [0.1, 0.15) is 11.3 Å². The Morgan fingerprint density at radius 3 is 2.19 bits per heavy atom. The highest BCUT2D eigenvalue weighted by atomic mass is 32.1. The average Bonchev–Trinajstić information content (AvgIpc) is 3.05. The van der Waals surface area contributed by atoms with Crippen LogP contribution in [0.15, 0.2) is 60.2 Å². The van der Waals surface area contributed by atoms with Crippen molar-refractivity contribution in [1.82, 2.24) is 9.88 Å². The standard InChI is InChI=1S/C25H23N3O3S/c1-15-5-7-19(8-6-15)27-16(2)13-18(17(27)3)14-22-23(29)26-25(32)28(24(22)30)20-9-11-21(31-4)12-10-20/h5-14H,1-4H3,(H,26,29,32)/b22-14+. The summed E-state index contributed by atoms with van der Waals surface area (Å²) in [6.07, 6.45) is 1.63. The van der Waals surface area contributed by atoms with Gasteiger partial charge in [-0.2, -0.15) is 0 Å². The molecule has 7 heteroatoms. The predicted molar refractivity (Wildman–Crippen MR) is 129 cm³/mol. The van der Waals surface area contributed by atoms with Gasteiger partial charge in [-0.3, -0.25) is 19.8 Å². The van der Waals surface area contributed by atoms with E-state index in [0.717, 1.165) is 22.6 Å². The second-order valence-electron chi connectivity index (χ2n) is 7.65. The Labute approximate surface area is 192 Å². The Morgan fingerprint density at radius 1 is 0.938 bits per heavy atom. The number of methoxy groups -OCH3 is 1. The first-order chi connectivity index (χ1) is 15.3. The van der Waals surface area contributed by atoms with Crippen molar-refractivity contribution >= 4 is 40.9 Å². The molecule has 1 N–H and O–H groups in total. The summed E-state index contributed by atoms with van der Waals surface area (Å²) in [6.45, 7) is 6.01. The van der Waals surface area contributed by atoms with E-state index in [-0.39, 0.29) is 10.7 Å². The molecule has 0 bridgehead atoms. The van der Waals surface area contributed by atoms with Gasteiger partial charge in [0.2, 0.25) is 0 Å². The lowest BCUT2D eigenvalue weighted by Gasteiger charge is -2.29. The number of nitrogens with zero attached hydrogens (tertiary/aromatic N) is 2. The number of carbonyl (C=O) groups is 2. The summed E-state index contributed by atoms with van der Waals surface area (Å²) in [5.41, 5.74) is 5.51. The van der Waals surface area contributed by atoms with Gasteiger partial charge in [-0.05, 0) is 87.1 Å². The molecule has 2 aromatic carbocycles. The third-order valence-corrected chi connectivity index (χ3v) is 5.78. The van der Waals surface area contributed by atoms with Gasteiger partial charge in [0.15, 0.2) is 5.11 Å². The van der Waals surface area contributed by atoms with Crippen LogP contribution >= 0.6 is 12.2 Å². The van der Waals surface area contributed by atoms with Crippen molar-refractivity contribution < 1.29 is 14.3 Å². The zero-order chi connectivity index (χ0) is 23.0. The molecule has 0 radical (unpaired) electrons. The highest BCUT2D eigenvalue weighted by Crippen LogP contribution is 2.27. The zero-order valence-corrected chi connectivity index (χ0v) is 19.1. The van der Waals surface area contributed by atoms with E-state index in [4.69, 9.17) is 17.0 Å². The van der Waals surface area contributed by atoms with Gasteiger partial charge in [-0.25, -0.2) is 0 Å². The van der Waals surface area contributed by atoms with E-state index in [0.29, 0.717) is 11.4 Å². The van der Waals surface area contributed by atoms with Gasteiger partial charge in [0.25, 0.3) is 11.8 Å². The second kappa shape index (κ2) is 8.43. The Kier molecular flexibility index (Phi) is 5.67. The van der Waals surface area contributed by atoms with Crippen molar-refractivity contribution in [2.75, 3.05) is 12.0 Å². The largest absolute Gasteiger partial charge is 0.497 e. The van der Waals surface area contributed by atoms with Gasteiger partial charge in [0, 0.05) is 17.1 Å². The fourth-order valence-corrected chi connectivity index (χ4v) is 4.08. The van der Waals surface area contributed by atoms with Gasteiger partial charge < -0.3 is 9.30 Å². The molecule has 0 saturated carbocycles. The minimum absolute atomic E-state index is 0.0265. The summed E-state index contributed by atoms with van der Waals surface area (Å²) < 4.78 is 7.28. The van der Waals surface area contributed by atoms with Crippen LogP contribution in [0.1, 0.15) is 22.5 Å². The maximum atomic E-state index is 13.3. The predicted octanol–water partition coefficient (Wildman–Crippen LogP) is 4.24. The molecule has 1 aromatic heterocycles. The van der Waals surface area contributed by atoms with Gasteiger partial charge in [-0.15, -0.1) is 0 Å². The molecule has 1 aliphatic heterocycles. The fraction of sp³-hybridized carbons (Fsp3) is 0.160. The number of hydrogen-bond acceptors (Lipinski definition) is 4. The quantitative estimate of drug-likeness (QED) is 0.371. The summed E-state index contributed by atoms with van der Waals surface area (Å²) in [7, 11) is 1.57. The number of benzene rings is 2. The molecular formula is C25H23N3O3S. The maximum Gasteiger partial charge on any atom is 0.270 e. The lowest BCUT2D eigenvalue weighted by Crippen LogP contribution is -2.54. The molecule has 2 amide bonds. The molecule has 0 aliphatic carbocycles. The van der Waals surface area contributed by atoms with E-state index in [1.807, 2.05) is 26.8 Å². The van der Waals surface area contributed by atoms with Crippen molar-refractivity contribution in [2.45, 2.75) is 20.8 Å². The van der Waals surface area contributed by atoms with Crippen molar-refractivity contribution in [3.05, 3.63) is 82.7 Å². The van der Waals surface area contributed by atoms with E-state index in [2.05, 4.69) is 34.1 Å². The molecule has 0 atom stereocenters. The van der Waals surface area contributed by atoms with Gasteiger partial charge in [-0.1, -0.05) is 17.7 Å². The topological polar surface area (TPSA) is 63.6 Å². The van der Waals surface area contributed by atoms with Gasteiger partial charge in [0.05, 0.1) is 12.8 Å². The number of thiocarbonyl (C=S) groups is 1. The highest BCUT2D eigenvalue weighted by Gasteiger charge is 2.34. The minimum atomic E-state index is -0.509. The molecule has 0 unspecified atom stereocenters. The molecule has 1 saturated heterocycles. The lowest BCUT2D eigenvalue weighted by molar-refractivity contribution is -0.122. The maximum absolute atomic E-state index is 13.3. The number of anilines is 1. The van der Waals surface area contributed by atoms with Crippen LogP contribution in [0.3, 0.4) is 0 Å². The van der Waals surface area contributed by atoms with Crippen LogP contribution in [0.25, 0.3) is 11.8 Å². The molecule has 4 rings (SSSR count). The number of carbonyl (C=O) groups excluding carboxylic acids is 2. The van der Waals surface area contributed by atoms with E-state index >= 15 is 0 Å². The third-order valence-electron chi connectivity index (χ3n) is 5.49. The van der Waals surface area contributed by atoms with Crippen LogP contribution in [0.2, 0.25) is 0 Å². The van der Waals surface area contributed by atoms with Gasteiger partial charge >= 0.3 is 0 Å². The SMILES string of the molecule is COc1ccc(N2C(=O)/C(=C/c3cc(C)n(-c4ccc(C)cc4)c3C)C(=O)NC2=S)cc1. The van der Waals surface area contributed by atoms with Crippen LogP contribution < -0.4 is 15.0 Å². The highest BCUT2D eigenvalue weighted by molar-refractivity contribution is 7.80. The normalized spacial score (nSPS) is 15.3. The zero-order valence-electron chi connectivity index (χ0n) is 18.3. The number of aromatic nitrogens is 1. The van der Waals surface area contributed by atoms with Crippen molar-refractivity contribution in [3.63, 3.8) is 0 Å². The smallest absolute Gasteiger partial charge is 0.270 e. The van der Waals surface area contributed by atoms with E-state index in [1.54, 1.807) is 37.5 Å². The molecule has 1 aliphatic rings. The summed E-state index contributed by atoms with van der Waals surface area (Å²) in [5.74, 6) is -0.318. The van der Waals surface area contributed by atoms with E-state index < -0.39 is 11.8 Å². The van der Waals surface area contributed by atoms with E-state index in [1.165, 1.54) is 10.5 Å². The number of ether oxygens (including phenoxy) is 1. The molecule has 3 aromatic rings. The summed E-state index contributed by atoms with van der Waals surface area (Å²) >= 11 is 5.28. The van der Waals surface area contributed by atoms with Crippen molar-refractivity contribution in [3.8, 4) is 11.4 Å². The second-order valence-corrected chi connectivity index (χ2v) is 8.04. The fourth-order valence-electron chi connectivity index (χ4n) is 3.80. The van der Waals surface area contributed by atoms with Crippen LogP contribution in [0.4, 0.5) is 5.69 Å². The molecule has 2 heterocycles. The third kappa shape index (κ3) is 3.83. The Bertz CT molecular complexity index is 1250. The number of amides is 2. The molecule has 6 nitrogen and oxygen atoms in total. The Hall–Kier alpha value is -3.71. The Balaban J connectivity index is 1.73. The molecular weight excluding hydrogens is 422 g/mol. The number of rotatable bonds is 4. The summed E-state index contributed by atoms with van der Waals surface area (Å²) in [6, 6.07) is 17.1. The van der Waals surface area contributed by atoms with Crippen LogP contribution in [0, 0.1) is 20.8 Å². The van der Waals surface area contributed by atoms with Crippen LogP contribution in [0.5, 0.6) is 5.75 Å². The number of hydrogen-bond donors (Lipinski definition) is 1. The number of aryl methyl sites for hydroxylation is 2. The van der Waals surface area contributed by atoms with Crippen LogP contribution in [-0.2, 0) is 9.59 Å². The summed E-state index contributed by atoms with van der Waals surface area (Å²) in [4.78, 5) is 27.3. The summed E-state index contributed by atoms with van der Waals surface area (Å²) in [5, 5.41) is 2.68. The number of nitrogens with one attached hydrogen (secondary N) is 1. The molecule has 162 valence electrons. The molecule has 0 spiro atoms. The lowest BCUT2D eigenvalue weighted by atomic mass is 10.1. The first kappa shape index (κ1) is 21.5. The molecule has 1 fully saturated rings. The first-order valence-electron chi connectivity index (χ1n) is 10.1.